The fourth-order valence-corrected chi connectivity index (χ4v) is 4.25. The van der Waals surface area contributed by atoms with Gasteiger partial charge < -0.3 is 10.6 Å². The van der Waals surface area contributed by atoms with Crippen LogP contribution in [0.15, 0.2) is 83.0 Å². The number of anilines is 1. The molecule has 7 nitrogen and oxygen atoms in total. The molecule has 2 N–H and O–H groups in total. The van der Waals surface area contributed by atoms with Crippen molar-refractivity contribution in [1.82, 2.24) is 14.7 Å². The summed E-state index contributed by atoms with van der Waals surface area (Å²) >= 11 is 1.30. The van der Waals surface area contributed by atoms with E-state index in [1.54, 1.807) is 36.2 Å². The Hall–Kier alpha value is -3.91. The predicted molar refractivity (Wildman–Crippen MR) is 130 cm³/mol. The summed E-state index contributed by atoms with van der Waals surface area (Å²) in [6, 6.07) is 21.3. The number of benzene rings is 2. The first-order chi connectivity index (χ1) is 16.0. The first-order valence-electron chi connectivity index (χ1n) is 10.5. The molecular weight excluding hydrogens is 436 g/mol. The summed E-state index contributed by atoms with van der Waals surface area (Å²) in [7, 11) is 1.76. The van der Waals surface area contributed by atoms with Crippen molar-refractivity contribution in [3.8, 4) is 5.69 Å². The van der Waals surface area contributed by atoms with E-state index in [0.29, 0.717) is 22.7 Å². The number of carbonyl (C=O) groups is 2. The monoisotopic (exact) mass is 460 g/mol. The Bertz CT molecular complexity index is 1310. The quantitative estimate of drug-likeness (QED) is 0.443. The maximum atomic E-state index is 13.3. The van der Waals surface area contributed by atoms with E-state index in [4.69, 9.17) is 0 Å². The van der Waals surface area contributed by atoms with Gasteiger partial charge >= 0.3 is 0 Å². The Balaban J connectivity index is 1.63. The zero-order valence-electron chi connectivity index (χ0n) is 18.3. The lowest BCUT2D eigenvalue weighted by atomic mass is 10.0. The molecule has 0 radical (unpaired) electrons. The number of hydrogen-bond donors (Lipinski definition) is 2. The third-order valence-corrected chi connectivity index (χ3v) is 6.32. The summed E-state index contributed by atoms with van der Waals surface area (Å²) < 4.78 is 3.20. The molecule has 1 atom stereocenters. The molecule has 2 aromatic carbocycles. The molecule has 1 unspecified atom stereocenters. The van der Waals surface area contributed by atoms with E-state index in [1.165, 1.54) is 16.0 Å². The highest BCUT2D eigenvalue weighted by molar-refractivity contribution is 7.12. The second-order valence-electron chi connectivity index (χ2n) is 7.62. The largest absolute Gasteiger partial charge is 0.339 e. The lowest BCUT2D eigenvalue weighted by Gasteiger charge is -2.18. The molecule has 2 heterocycles. The minimum absolute atomic E-state index is 0.190. The van der Waals surface area contributed by atoms with Crippen LogP contribution in [-0.4, -0.2) is 27.2 Å². The average Bonchev–Trinajstić information content (AvgIpc) is 3.44. The van der Waals surface area contributed by atoms with Crippen LogP contribution in [0.2, 0.25) is 0 Å². The van der Waals surface area contributed by atoms with Gasteiger partial charge in [0.15, 0.2) is 0 Å². The van der Waals surface area contributed by atoms with E-state index in [-0.39, 0.29) is 17.2 Å². The second-order valence-corrected chi connectivity index (χ2v) is 8.57. The van der Waals surface area contributed by atoms with Crippen LogP contribution >= 0.6 is 11.3 Å². The van der Waals surface area contributed by atoms with Crippen LogP contribution in [-0.2, 0) is 18.3 Å². The van der Waals surface area contributed by atoms with Crippen molar-refractivity contribution in [2.24, 2.45) is 7.05 Å². The summed E-state index contributed by atoms with van der Waals surface area (Å²) in [5.74, 6) is -0.776. The third-order valence-electron chi connectivity index (χ3n) is 5.45. The van der Waals surface area contributed by atoms with Crippen LogP contribution in [0, 0.1) is 6.92 Å². The molecule has 0 bridgehead atoms. The molecule has 8 heteroatoms. The van der Waals surface area contributed by atoms with Crippen LogP contribution < -0.4 is 16.2 Å². The lowest BCUT2D eigenvalue weighted by molar-refractivity contribution is -0.118. The van der Waals surface area contributed by atoms with Crippen molar-refractivity contribution in [3.05, 3.63) is 105 Å². The molecule has 4 rings (SSSR count). The normalized spacial score (nSPS) is 11.7. The van der Waals surface area contributed by atoms with E-state index in [1.807, 2.05) is 60.7 Å². The van der Waals surface area contributed by atoms with Gasteiger partial charge in [0.2, 0.25) is 5.91 Å². The molecular formula is C25H24N4O3S. The zero-order chi connectivity index (χ0) is 23.4. The molecule has 0 aliphatic carbocycles. The highest BCUT2D eigenvalue weighted by Crippen LogP contribution is 2.16. The highest BCUT2D eigenvalue weighted by Gasteiger charge is 2.25. The van der Waals surface area contributed by atoms with Crippen molar-refractivity contribution in [2.45, 2.75) is 19.4 Å². The number of nitrogens with one attached hydrogen (secondary N) is 2. The van der Waals surface area contributed by atoms with E-state index in [0.717, 1.165) is 5.56 Å². The fourth-order valence-electron chi connectivity index (χ4n) is 3.62. The standard InChI is InChI=1S/C25H24N4O3S/c1-17-22(25(32)29(28(17)2)19-12-7-4-8-13-19)27-23(30)20(16-18-10-5-3-6-11-18)26-24(31)21-14-9-15-33-21/h3-15,20H,16H2,1-2H3,(H,26,31)(H,27,30). The van der Waals surface area contributed by atoms with E-state index in [2.05, 4.69) is 10.6 Å². The average molecular weight is 461 g/mol. The van der Waals surface area contributed by atoms with Crippen molar-refractivity contribution >= 4 is 28.8 Å². The van der Waals surface area contributed by atoms with Gasteiger partial charge in [-0.3, -0.25) is 19.1 Å². The van der Waals surface area contributed by atoms with Gasteiger partial charge in [-0.1, -0.05) is 54.6 Å². The second kappa shape index (κ2) is 9.70. The molecule has 0 saturated heterocycles. The number of hydrogen-bond acceptors (Lipinski definition) is 4. The number of para-hydroxylation sites is 1. The molecule has 2 aromatic heterocycles. The molecule has 0 spiro atoms. The van der Waals surface area contributed by atoms with Crippen molar-refractivity contribution < 1.29 is 9.59 Å². The number of carbonyl (C=O) groups excluding carboxylic acids is 2. The topological polar surface area (TPSA) is 85.1 Å². The van der Waals surface area contributed by atoms with Gasteiger partial charge in [-0.05, 0) is 36.1 Å². The van der Waals surface area contributed by atoms with E-state index >= 15 is 0 Å². The van der Waals surface area contributed by atoms with Crippen LogP contribution in [0.25, 0.3) is 5.69 Å². The van der Waals surface area contributed by atoms with Crippen LogP contribution in [0.5, 0.6) is 0 Å². The molecule has 4 aromatic rings. The van der Waals surface area contributed by atoms with Gasteiger partial charge in [-0.2, -0.15) is 0 Å². The van der Waals surface area contributed by atoms with Crippen molar-refractivity contribution in [1.29, 1.82) is 0 Å². The van der Waals surface area contributed by atoms with Gasteiger partial charge in [0.05, 0.1) is 16.3 Å². The molecule has 0 fully saturated rings. The summed E-state index contributed by atoms with van der Waals surface area (Å²) in [5.41, 5.74) is 2.06. The van der Waals surface area contributed by atoms with Gasteiger partial charge in [-0.15, -0.1) is 11.3 Å². The highest BCUT2D eigenvalue weighted by atomic mass is 32.1. The maximum absolute atomic E-state index is 13.3. The Labute approximate surface area is 195 Å². The minimum atomic E-state index is -0.855. The van der Waals surface area contributed by atoms with Gasteiger partial charge in [0, 0.05) is 13.5 Å². The Morgan fingerprint density at radius 2 is 1.64 bits per heavy atom. The minimum Gasteiger partial charge on any atom is -0.339 e. The van der Waals surface area contributed by atoms with Crippen LogP contribution in [0.1, 0.15) is 20.9 Å². The molecule has 168 valence electrons. The summed E-state index contributed by atoms with van der Waals surface area (Å²) in [5, 5.41) is 7.41. The Morgan fingerprint density at radius 1 is 0.970 bits per heavy atom. The van der Waals surface area contributed by atoms with Crippen LogP contribution in [0.4, 0.5) is 5.69 Å². The fraction of sp³-hybridized carbons (Fsp3) is 0.160. The number of rotatable bonds is 7. The maximum Gasteiger partial charge on any atom is 0.295 e. The van der Waals surface area contributed by atoms with Gasteiger partial charge in [0.1, 0.15) is 11.7 Å². The molecule has 0 aliphatic rings. The molecule has 0 aliphatic heterocycles. The molecule has 0 saturated carbocycles. The molecule has 33 heavy (non-hydrogen) atoms. The Kier molecular flexibility index (Phi) is 6.55. The Morgan fingerprint density at radius 3 is 2.27 bits per heavy atom. The lowest BCUT2D eigenvalue weighted by Crippen LogP contribution is -2.45. The van der Waals surface area contributed by atoms with Crippen molar-refractivity contribution in [3.63, 3.8) is 0 Å². The third kappa shape index (κ3) is 4.80. The van der Waals surface area contributed by atoms with Crippen LogP contribution in [0.3, 0.4) is 0 Å². The first kappa shape index (κ1) is 22.3. The van der Waals surface area contributed by atoms with E-state index < -0.39 is 11.9 Å². The summed E-state index contributed by atoms with van der Waals surface area (Å²) in [6.45, 7) is 1.77. The van der Waals surface area contributed by atoms with E-state index in [9.17, 15) is 14.4 Å². The number of amides is 2. The number of thiophene rings is 1. The SMILES string of the molecule is Cc1c(NC(=O)C(Cc2ccccc2)NC(=O)c2cccs2)c(=O)n(-c2ccccc2)n1C. The first-order valence-corrected chi connectivity index (χ1v) is 11.4. The number of aromatic nitrogens is 2. The predicted octanol–water partition coefficient (Wildman–Crippen LogP) is 3.53. The molecule has 2 amide bonds. The van der Waals surface area contributed by atoms with Crippen molar-refractivity contribution in [2.75, 3.05) is 5.32 Å². The van der Waals surface area contributed by atoms with Gasteiger partial charge in [-0.25, -0.2) is 4.68 Å². The number of nitrogens with zero attached hydrogens (tertiary/aromatic N) is 2. The smallest absolute Gasteiger partial charge is 0.295 e. The zero-order valence-corrected chi connectivity index (χ0v) is 19.1. The summed E-state index contributed by atoms with van der Waals surface area (Å²) in [4.78, 5) is 39.7. The van der Waals surface area contributed by atoms with Gasteiger partial charge in [0.25, 0.3) is 11.5 Å². The summed E-state index contributed by atoms with van der Waals surface area (Å²) in [6.07, 6.45) is 0.294.